The van der Waals surface area contributed by atoms with Gasteiger partial charge in [0, 0.05) is 6.42 Å². The molecule has 25 heavy (non-hydrogen) atoms. The average Bonchev–Trinajstić information content (AvgIpc) is 2.56. The number of aliphatic carboxylic acids is 3. The molecular formula is C19H24O6. The highest BCUT2D eigenvalue weighted by molar-refractivity contribution is 5.85. The van der Waals surface area contributed by atoms with E-state index in [1.807, 2.05) is 13.0 Å². The van der Waals surface area contributed by atoms with Crippen molar-refractivity contribution in [2.45, 2.75) is 50.9 Å². The van der Waals surface area contributed by atoms with E-state index in [9.17, 15) is 29.7 Å². The molecular weight excluding hydrogens is 324 g/mol. The third-order valence-electron chi connectivity index (χ3n) is 5.16. The number of hydrogen-bond donors (Lipinski definition) is 3. The Morgan fingerprint density at radius 2 is 1.72 bits per heavy atom. The summed E-state index contributed by atoms with van der Waals surface area (Å²) in [7, 11) is 0. The molecule has 0 heterocycles. The third-order valence-corrected chi connectivity index (χ3v) is 5.16. The summed E-state index contributed by atoms with van der Waals surface area (Å²) in [6, 6.07) is 6.97. The molecule has 0 saturated heterocycles. The maximum absolute atomic E-state index is 11.7. The second-order valence-corrected chi connectivity index (χ2v) is 6.73. The number of rotatable bonds is 8. The molecule has 0 bridgehead atoms. The second kappa shape index (κ2) is 8.14. The minimum Gasteiger partial charge on any atom is -0.481 e. The van der Waals surface area contributed by atoms with Gasteiger partial charge in [0.15, 0.2) is 0 Å². The molecule has 3 N–H and O–H groups in total. The van der Waals surface area contributed by atoms with Crippen molar-refractivity contribution in [2.75, 3.05) is 0 Å². The molecule has 4 unspecified atom stereocenters. The highest BCUT2D eigenvalue weighted by Gasteiger charge is 2.44. The highest BCUT2D eigenvalue weighted by Crippen LogP contribution is 2.47. The molecule has 6 nitrogen and oxygen atoms in total. The summed E-state index contributed by atoms with van der Waals surface area (Å²) in [4.78, 5) is 34.7. The monoisotopic (exact) mass is 348 g/mol. The van der Waals surface area contributed by atoms with Gasteiger partial charge in [0.25, 0.3) is 0 Å². The van der Waals surface area contributed by atoms with Gasteiger partial charge in [-0.2, -0.15) is 0 Å². The van der Waals surface area contributed by atoms with E-state index in [0.29, 0.717) is 12.0 Å². The van der Waals surface area contributed by atoms with E-state index in [2.05, 4.69) is 0 Å². The Kier molecular flexibility index (Phi) is 6.17. The zero-order valence-electron chi connectivity index (χ0n) is 14.2. The van der Waals surface area contributed by atoms with Crippen LogP contribution < -0.4 is 0 Å². The maximum Gasteiger partial charge on any atom is 0.311 e. The molecule has 2 rings (SSSR count). The van der Waals surface area contributed by atoms with E-state index < -0.39 is 29.7 Å². The molecule has 6 heteroatoms. The lowest BCUT2D eigenvalue weighted by Gasteiger charge is -2.37. The first-order valence-corrected chi connectivity index (χ1v) is 8.63. The number of carbonyl (C=O) groups is 3. The van der Waals surface area contributed by atoms with Crippen LogP contribution in [0, 0.1) is 11.8 Å². The van der Waals surface area contributed by atoms with Crippen LogP contribution in [0.25, 0.3) is 0 Å². The van der Waals surface area contributed by atoms with Gasteiger partial charge in [-0.25, -0.2) is 0 Å². The fraction of sp³-hybridized carbons (Fsp3) is 0.526. The standard InChI is InChI=1S/C19H24O6/c1-2-3-6-11(9-16(20)21)14-10-15(18(22)23)17(19(24)25)13-8-5-4-7-12(13)14/h4-5,7-8,11,14-15,17H,2-3,6,9-10H2,1H3,(H,20,21)(H,22,23)(H,24,25). The fourth-order valence-electron chi connectivity index (χ4n) is 4.02. The summed E-state index contributed by atoms with van der Waals surface area (Å²) in [6.45, 7) is 2.02. The quantitative estimate of drug-likeness (QED) is 0.664. The van der Waals surface area contributed by atoms with Crippen LogP contribution >= 0.6 is 0 Å². The van der Waals surface area contributed by atoms with Crippen molar-refractivity contribution in [1.82, 2.24) is 0 Å². The van der Waals surface area contributed by atoms with Crippen LogP contribution in [0.2, 0.25) is 0 Å². The molecule has 1 aromatic carbocycles. The fourth-order valence-corrected chi connectivity index (χ4v) is 4.02. The second-order valence-electron chi connectivity index (χ2n) is 6.73. The van der Waals surface area contributed by atoms with Crippen molar-refractivity contribution in [3.8, 4) is 0 Å². The topological polar surface area (TPSA) is 112 Å². The van der Waals surface area contributed by atoms with Crippen LogP contribution in [-0.2, 0) is 14.4 Å². The number of unbranched alkanes of at least 4 members (excludes halogenated alkanes) is 1. The minimum absolute atomic E-state index is 0.0386. The van der Waals surface area contributed by atoms with Crippen molar-refractivity contribution >= 4 is 17.9 Å². The predicted octanol–water partition coefficient (Wildman–Crippen LogP) is 3.32. The lowest BCUT2D eigenvalue weighted by Crippen LogP contribution is -2.36. The van der Waals surface area contributed by atoms with Crippen molar-refractivity contribution in [3.05, 3.63) is 35.4 Å². The largest absolute Gasteiger partial charge is 0.481 e. The van der Waals surface area contributed by atoms with Crippen LogP contribution in [0.15, 0.2) is 24.3 Å². The molecule has 4 atom stereocenters. The molecule has 0 aliphatic heterocycles. The Labute approximate surface area is 146 Å². The van der Waals surface area contributed by atoms with E-state index in [0.717, 1.165) is 18.4 Å². The summed E-state index contributed by atoms with van der Waals surface area (Å²) in [5.74, 6) is -5.80. The summed E-state index contributed by atoms with van der Waals surface area (Å²) < 4.78 is 0. The van der Waals surface area contributed by atoms with E-state index in [4.69, 9.17) is 0 Å². The molecule has 136 valence electrons. The number of carboxylic acid groups (broad SMARTS) is 3. The van der Waals surface area contributed by atoms with Crippen molar-refractivity contribution in [1.29, 1.82) is 0 Å². The Hall–Kier alpha value is -2.37. The average molecular weight is 348 g/mol. The molecule has 0 amide bonds. The zero-order valence-corrected chi connectivity index (χ0v) is 14.2. The van der Waals surface area contributed by atoms with Crippen molar-refractivity contribution in [3.63, 3.8) is 0 Å². The van der Waals surface area contributed by atoms with E-state index in [-0.39, 0.29) is 24.7 Å². The van der Waals surface area contributed by atoms with Gasteiger partial charge in [0.2, 0.25) is 0 Å². The van der Waals surface area contributed by atoms with Gasteiger partial charge >= 0.3 is 17.9 Å². The van der Waals surface area contributed by atoms with Crippen LogP contribution in [0.5, 0.6) is 0 Å². The number of hydrogen-bond acceptors (Lipinski definition) is 3. The predicted molar refractivity (Wildman–Crippen MR) is 90.6 cm³/mol. The zero-order chi connectivity index (χ0) is 18.6. The third kappa shape index (κ3) is 4.18. The number of benzene rings is 1. The Bertz CT molecular complexity index is 653. The van der Waals surface area contributed by atoms with Crippen molar-refractivity contribution < 1.29 is 29.7 Å². The van der Waals surface area contributed by atoms with Gasteiger partial charge in [0.05, 0.1) is 11.8 Å². The van der Waals surface area contributed by atoms with Gasteiger partial charge < -0.3 is 15.3 Å². The Balaban J connectivity index is 2.49. The van der Waals surface area contributed by atoms with E-state index in [1.54, 1.807) is 18.2 Å². The highest BCUT2D eigenvalue weighted by atomic mass is 16.4. The summed E-state index contributed by atoms with van der Waals surface area (Å²) in [6.07, 6.45) is 2.58. The van der Waals surface area contributed by atoms with Crippen LogP contribution in [-0.4, -0.2) is 33.2 Å². The normalized spacial score (nSPS) is 23.5. The number of fused-ring (bicyclic) bond motifs is 1. The minimum atomic E-state index is -1.15. The Morgan fingerprint density at radius 1 is 1.08 bits per heavy atom. The lowest BCUT2D eigenvalue weighted by atomic mass is 9.65. The molecule has 1 aromatic rings. The molecule has 0 spiro atoms. The van der Waals surface area contributed by atoms with E-state index >= 15 is 0 Å². The number of carboxylic acids is 3. The first-order valence-electron chi connectivity index (χ1n) is 8.63. The molecule has 0 aromatic heterocycles. The Morgan fingerprint density at radius 3 is 2.24 bits per heavy atom. The van der Waals surface area contributed by atoms with Gasteiger partial charge in [-0.05, 0) is 35.8 Å². The van der Waals surface area contributed by atoms with Gasteiger partial charge in [0.1, 0.15) is 0 Å². The van der Waals surface area contributed by atoms with Crippen LogP contribution in [0.3, 0.4) is 0 Å². The summed E-state index contributed by atoms with van der Waals surface area (Å²) in [5.41, 5.74) is 1.29. The molecule has 1 aliphatic carbocycles. The van der Waals surface area contributed by atoms with Gasteiger partial charge in [-0.3, -0.25) is 14.4 Å². The van der Waals surface area contributed by atoms with E-state index in [1.165, 1.54) is 0 Å². The SMILES string of the molecule is CCCCC(CC(=O)O)C1CC(C(=O)O)C(C(=O)O)c2ccccc21. The summed E-state index contributed by atoms with van der Waals surface area (Å²) >= 11 is 0. The lowest BCUT2D eigenvalue weighted by molar-refractivity contribution is -0.151. The molecule has 1 aliphatic rings. The summed E-state index contributed by atoms with van der Waals surface area (Å²) in [5, 5.41) is 28.4. The first kappa shape index (κ1) is 19.0. The molecule has 0 fully saturated rings. The van der Waals surface area contributed by atoms with Crippen LogP contribution in [0.4, 0.5) is 0 Å². The van der Waals surface area contributed by atoms with Crippen molar-refractivity contribution in [2.24, 2.45) is 11.8 Å². The smallest absolute Gasteiger partial charge is 0.311 e. The van der Waals surface area contributed by atoms with Gasteiger partial charge in [-0.1, -0.05) is 44.0 Å². The first-order chi connectivity index (χ1) is 11.9. The maximum atomic E-state index is 11.7. The van der Waals surface area contributed by atoms with Crippen LogP contribution in [0.1, 0.15) is 62.0 Å². The molecule has 0 saturated carbocycles. The van der Waals surface area contributed by atoms with Gasteiger partial charge in [-0.15, -0.1) is 0 Å². The molecule has 0 radical (unpaired) electrons.